The van der Waals surface area contributed by atoms with Gasteiger partial charge in [-0.3, -0.25) is 9.59 Å². The maximum atomic E-state index is 11.7. The number of carbonyl (C=O) groups excluding carboxylic acids is 3. The molecule has 9 nitrogen and oxygen atoms in total. The van der Waals surface area contributed by atoms with E-state index in [1.807, 2.05) is 0 Å². The highest BCUT2D eigenvalue weighted by atomic mass is 16.5. The molecular formula is C12H17N5O4. The van der Waals surface area contributed by atoms with Crippen molar-refractivity contribution in [2.75, 3.05) is 27.7 Å². The number of nitrogens with one attached hydrogen (secondary N) is 1. The standard InChI is InChI=1S/C12H17N5O4/c1-16(2)10(18)8-17-7-9(14-15-17)12(20)13-6-4-5-11(19)21-3/h4-5,7H,6,8H2,1-3H3,(H,13,20)/b5-4+. The Balaban J connectivity index is 2.49. The van der Waals surface area contributed by atoms with Crippen molar-refractivity contribution in [2.24, 2.45) is 0 Å². The molecule has 1 aromatic heterocycles. The van der Waals surface area contributed by atoms with E-state index < -0.39 is 11.9 Å². The van der Waals surface area contributed by atoms with Gasteiger partial charge in [0.25, 0.3) is 5.91 Å². The number of likely N-dealkylation sites (N-methyl/N-ethyl adjacent to an activating group) is 1. The molecule has 1 aromatic rings. The van der Waals surface area contributed by atoms with Gasteiger partial charge in [-0.25, -0.2) is 9.48 Å². The Morgan fingerprint density at radius 3 is 2.76 bits per heavy atom. The lowest BCUT2D eigenvalue weighted by molar-refractivity contribution is -0.135. The number of amides is 2. The molecule has 0 bridgehead atoms. The first-order chi connectivity index (χ1) is 9.93. The SMILES string of the molecule is COC(=O)/C=C/CNC(=O)c1cn(CC(=O)N(C)C)nn1. The monoisotopic (exact) mass is 295 g/mol. The van der Waals surface area contributed by atoms with E-state index in [4.69, 9.17) is 0 Å². The van der Waals surface area contributed by atoms with Crippen molar-refractivity contribution in [3.8, 4) is 0 Å². The first-order valence-electron chi connectivity index (χ1n) is 6.07. The highest BCUT2D eigenvalue weighted by Gasteiger charge is 2.12. The van der Waals surface area contributed by atoms with E-state index in [1.165, 1.54) is 35.0 Å². The van der Waals surface area contributed by atoms with Gasteiger partial charge in [-0.05, 0) is 0 Å². The Kier molecular flexibility index (Phi) is 6.05. The number of rotatable bonds is 6. The molecule has 0 aliphatic heterocycles. The van der Waals surface area contributed by atoms with Crippen LogP contribution in [-0.2, 0) is 20.9 Å². The molecular weight excluding hydrogens is 278 g/mol. The second-order valence-electron chi connectivity index (χ2n) is 4.23. The molecule has 0 radical (unpaired) electrons. The molecule has 0 atom stereocenters. The minimum atomic E-state index is -0.502. The van der Waals surface area contributed by atoms with E-state index in [1.54, 1.807) is 14.1 Å². The zero-order valence-corrected chi connectivity index (χ0v) is 12.1. The smallest absolute Gasteiger partial charge is 0.330 e. The maximum Gasteiger partial charge on any atom is 0.330 e. The van der Waals surface area contributed by atoms with Crippen LogP contribution in [0.2, 0.25) is 0 Å². The van der Waals surface area contributed by atoms with Gasteiger partial charge in [-0.15, -0.1) is 5.10 Å². The summed E-state index contributed by atoms with van der Waals surface area (Å²) in [5.74, 6) is -1.11. The molecule has 1 N–H and O–H groups in total. The molecule has 0 spiro atoms. The Bertz CT molecular complexity index is 550. The van der Waals surface area contributed by atoms with E-state index in [0.717, 1.165) is 0 Å². The summed E-state index contributed by atoms with van der Waals surface area (Å²) in [6.07, 6.45) is 4.03. The minimum Gasteiger partial charge on any atom is -0.466 e. The number of esters is 1. The highest BCUT2D eigenvalue weighted by Crippen LogP contribution is 1.94. The number of nitrogens with zero attached hydrogens (tertiary/aromatic N) is 4. The van der Waals surface area contributed by atoms with Crippen LogP contribution in [0.1, 0.15) is 10.5 Å². The van der Waals surface area contributed by atoms with Gasteiger partial charge in [0.2, 0.25) is 5.91 Å². The van der Waals surface area contributed by atoms with Gasteiger partial charge in [0.05, 0.1) is 13.3 Å². The van der Waals surface area contributed by atoms with Crippen molar-refractivity contribution < 1.29 is 19.1 Å². The van der Waals surface area contributed by atoms with Crippen LogP contribution in [0.15, 0.2) is 18.3 Å². The number of carbonyl (C=O) groups is 3. The normalized spacial score (nSPS) is 10.4. The molecule has 0 aliphatic rings. The van der Waals surface area contributed by atoms with Crippen LogP contribution in [0.4, 0.5) is 0 Å². The zero-order chi connectivity index (χ0) is 15.8. The lowest BCUT2D eigenvalue weighted by Crippen LogP contribution is -2.26. The van der Waals surface area contributed by atoms with Crippen LogP contribution in [-0.4, -0.2) is 65.4 Å². The van der Waals surface area contributed by atoms with Crippen LogP contribution in [0, 0.1) is 0 Å². The fraction of sp³-hybridized carbons (Fsp3) is 0.417. The van der Waals surface area contributed by atoms with E-state index >= 15 is 0 Å². The second-order valence-corrected chi connectivity index (χ2v) is 4.23. The molecule has 0 aliphatic carbocycles. The molecule has 0 fully saturated rings. The summed E-state index contributed by atoms with van der Waals surface area (Å²) < 4.78 is 5.68. The van der Waals surface area contributed by atoms with Crippen molar-refractivity contribution >= 4 is 17.8 Å². The first-order valence-corrected chi connectivity index (χ1v) is 6.07. The summed E-state index contributed by atoms with van der Waals surface area (Å²) in [6, 6.07) is 0. The Morgan fingerprint density at radius 2 is 2.14 bits per heavy atom. The first kappa shape index (κ1) is 16.3. The van der Waals surface area contributed by atoms with Crippen LogP contribution in [0.25, 0.3) is 0 Å². The van der Waals surface area contributed by atoms with Crippen LogP contribution in [0.5, 0.6) is 0 Å². The quantitative estimate of drug-likeness (QED) is 0.523. The van der Waals surface area contributed by atoms with Gasteiger partial charge >= 0.3 is 5.97 Å². The van der Waals surface area contributed by atoms with Crippen molar-refractivity contribution in [2.45, 2.75) is 6.54 Å². The Hall–Kier alpha value is -2.71. The van der Waals surface area contributed by atoms with Crippen molar-refractivity contribution in [3.05, 3.63) is 24.0 Å². The molecule has 0 saturated heterocycles. The third kappa shape index (κ3) is 5.43. The van der Waals surface area contributed by atoms with Gasteiger partial charge in [0.1, 0.15) is 6.54 Å². The third-order valence-corrected chi connectivity index (χ3v) is 2.40. The van der Waals surface area contributed by atoms with Crippen molar-refractivity contribution in [1.82, 2.24) is 25.2 Å². The molecule has 9 heteroatoms. The largest absolute Gasteiger partial charge is 0.466 e. The molecule has 1 heterocycles. The lowest BCUT2D eigenvalue weighted by Gasteiger charge is -2.08. The van der Waals surface area contributed by atoms with E-state index in [0.29, 0.717) is 0 Å². The molecule has 21 heavy (non-hydrogen) atoms. The van der Waals surface area contributed by atoms with Crippen molar-refractivity contribution in [1.29, 1.82) is 0 Å². The summed E-state index contributed by atoms with van der Waals surface area (Å²) in [7, 11) is 4.51. The van der Waals surface area contributed by atoms with Gasteiger partial charge in [0, 0.05) is 26.7 Å². The summed E-state index contributed by atoms with van der Waals surface area (Å²) in [6.45, 7) is 0.160. The Morgan fingerprint density at radius 1 is 1.43 bits per heavy atom. The second kappa shape index (κ2) is 7.78. The number of hydrogen-bond acceptors (Lipinski definition) is 6. The molecule has 2 amide bonds. The summed E-state index contributed by atoms with van der Waals surface area (Å²) >= 11 is 0. The highest BCUT2D eigenvalue weighted by molar-refractivity contribution is 5.92. The molecule has 114 valence electrons. The molecule has 0 unspecified atom stereocenters. The topological polar surface area (TPSA) is 106 Å². The summed E-state index contributed by atoms with van der Waals surface area (Å²) in [5, 5.41) is 9.89. The Labute approximate surface area is 121 Å². The lowest BCUT2D eigenvalue weighted by atomic mass is 10.4. The third-order valence-electron chi connectivity index (χ3n) is 2.40. The molecule has 1 rings (SSSR count). The fourth-order valence-electron chi connectivity index (χ4n) is 1.23. The number of hydrogen-bond donors (Lipinski definition) is 1. The average Bonchev–Trinajstić information content (AvgIpc) is 2.91. The maximum absolute atomic E-state index is 11.7. The van der Waals surface area contributed by atoms with Gasteiger partial charge in [-0.1, -0.05) is 11.3 Å². The summed E-state index contributed by atoms with van der Waals surface area (Å²) in [4.78, 5) is 35.4. The predicted octanol–water partition coefficient (Wildman–Crippen LogP) is -1.17. The fourth-order valence-corrected chi connectivity index (χ4v) is 1.23. The van der Waals surface area contributed by atoms with Gasteiger partial charge in [0.15, 0.2) is 5.69 Å². The van der Waals surface area contributed by atoms with Crippen LogP contribution < -0.4 is 5.32 Å². The van der Waals surface area contributed by atoms with E-state index in [2.05, 4.69) is 20.4 Å². The predicted molar refractivity (Wildman–Crippen MR) is 72.2 cm³/mol. The molecule has 0 saturated carbocycles. The number of methoxy groups -OCH3 is 1. The summed E-state index contributed by atoms with van der Waals surface area (Å²) in [5.41, 5.74) is 0.0908. The van der Waals surface area contributed by atoms with Crippen LogP contribution in [0.3, 0.4) is 0 Å². The van der Waals surface area contributed by atoms with E-state index in [9.17, 15) is 14.4 Å². The molecule has 0 aromatic carbocycles. The number of aromatic nitrogens is 3. The minimum absolute atomic E-state index is 0.00945. The van der Waals surface area contributed by atoms with Gasteiger partial charge in [-0.2, -0.15) is 0 Å². The van der Waals surface area contributed by atoms with Crippen LogP contribution >= 0.6 is 0 Å². The zero-order valence-electron chi connectivity index (χ0n) is 12.1. The van der Waals surface area contributed by atoms with E-state index in [-0.39, 0.29) is 24.7 Å². The van der Waals surface area contributed by atoms with Crippen molar-refractivity contribution in [3.63, 3.8) is 0 Å². The average molecular weight is 295 g/mol. The number of ether oxygens (including phenoxy) is 1. The van der Waals surface area contributed by atoms with Gasteiger partial charge < -0.3 is 15.0 Å².